The largest absolute Gasteiger partial charge is 0.382 e. The molecule has 5 heteroatoms. The van der Waals surface area contributed by atoms with Gasteiger partial charge in [0.25, 0.3) is 0 Å². The Balaban J connectivity index is 2.16. The maximum Gasteiger partial charge on any atom is 0.155 e. The quantitative estimate of drug-likeness (QED) is 0.783. The molecule has 0 atom stereocenters. The molecular weight excluding hydrogens is 284 g/mol. The highest BCUT2D eigenvalue weighted by Crippen LogP contribution is 2.30. The van der Waals surface area contributed by atoms with Gasteiger partial charge in [0.2, 0.25) is 0 Å². The Kier molecular flexibility index (Phi) is 3.39. The standard InChI is InChI=1S/C16H15ClN4/c1-10-7-8-12(17)9-13(10)15-16(18)21(20-19-15)14-6-4-3-5-11(14)2/h3-9H,18H2,1-2H3. The molecule has 2 aromatic carbocycles. The van der Waals surface area contributed by atoms with Crippen molar-refractivity contribution in [2.75, 3.05) is 5.73 Å². The summed E-state index contributed by atoms with van der Waals surface area (Å²) in [6, 6.07) is 13.6. The van der Waals surface area contributed by atoms with Crippen molar-refractivity contribution in [3.8, 4) is 16.9 Å². The van der Waals surface area contributed by atoms with E-state index < -0.39 is 0 Å². The van der Waals surface area contributed by atoms with Gasteiger partial charge in [-0.3, -0.25) is 0 Å². The average molecular weight is 299 g/mol. The Labute approximate surface area is 128 Å². The molecular formula is C16H15ClN4. The molecule has 2 N–H and O–H groups in total. The molecule has 21 heavy (non-hydrogen) atoms. The SMILES string of the molecule is Cc1ccc(Cl)cc1-c1nnn(-c2ccccc2C)c1N. The number of nitrogens with two attached hydrogens (primary N) is 1. The van der Waals surface area contributed by atoms with E-state index in [0.717, 1.165) is 22.4 Å². The highest BCUT2D eigenvalue weighted by Gasteiger charge is 2.16. The van der Waals surface area contributed by atoms with Crippen LogP contribution < -0.4 is 5.73 Å². The number of nitrogen functional groups attached to an aromatic ring is 1. The van der Waals surface area contributed by atoms with Crippen molar-refractivity contribution in [1.82, 2.24) is 15.0 Å². The van der Waals surface area contributed by atoms with Crippen molar-refractivity contribution in [3.63, 3.8) is 0 Å². The summed E-state index contributed by atoms with van der Waals surface area (Å²) in [5.74, 6) is 0.509. The van der Waals surface area contributed by atoms with Gasteiger partial charge in [0.15, 0.2) is 5.82 Å². The van der Waals surface area contributed by atoms with Crippen LogP contribution in [-0.2, 0) is 0 Å². The van der Waals surface area contributed by atoms with Crippen LogP contribution in [0.15, 0.2) is 42.5 Å². The van der Waals surface area contributed by atoms with Crippen molar-refractivity contribution in [2.24, 2.45) is 0 Å². The predicted octanol–water partition coefficient (Wildman–Crippen LogP) is 3.79. The van der Waals surface area contributed by atoms with Gasteiger partial charge in [-0.25, -0.2) is 0 Å². The van der Waals surface area contributed by atoms with Crippen molar-refractivity contribution in [3.05, 3.63) is 58.6 Å². The zero-order valence-corrected chi connectivity index (χ0v) is 12.6. The van der Waals surface area contributed by atoms with Gasteiger partial charge in [0.1, 0.15) is 5.69 Å². The summed E-state index contributed by atoms with van der Waals surface area (Å²) in [5, 5.41) is 9.08. The zero-order valence-electron chi connectivity index (χ0n) is 11.8. The number of halogens is 1. The Morgan fingerprint density at radius 1 is 1.05 bits per heavy atom. The fourth-order valence-corrected chi connectivity index (χ4v) is 2.48. The third-order valence-corrected chi connectivity index (χ3v) is 3.74. The number of benzene rings is 2. The number of nitrogens with zero attached hydrogens (tertiary/aromatic N) is 3. The smallest absolute Gasteiger partial charge is 0.155 e. The first-order chi connectivity index (χ1) is 10.1. The van der Waals surface area contributed by atoms with Crippen LogP contribution in [0.5, 0.6) is 0 Å². The third kappa shape index (κ3) is 2.38. The van der Waals surface area contributed by atoms with Crippen LogP contribution in [0.4, 0.5) is 5.82 Å². The van der Waals surface area contributed by atoms with Crippen LogP contribution in [0.25, 0.3) is 16.9 Å². The second-order valence-corrected chi connectivity index (χ2v) is 5.42. The number of aromatic nitrogens is 3. The molecule has 0 aliphatic heterocycles. The molecule has 106 valence electrons. The highest BCUT2D eigenvalue weighted by atomic mass is 35.5. The van der Waals surface area contributed by atoms with Crippen LogP contribution in [0, 0.1) is 13.8 Å². The predicted molar refractivity (Wildman–Crippen MR) is 85.7 cm³/mol. The van der Waals surface area contributed by atoms with E-state index >= 15 is 0 Å². The summed E-state index contributed by atoms with van der Waals surface area (Å²) in [5.41, 5.74) is 10.9. The lowest BCUT2D eigenvalue weighted by Crippen LogP contribution is -2.04. The van der Waals surface area contributed by atoms with E-state index in [4.69, 9.17) is 17.3 Å². The van der Waals surface area contributed by atoms with Gasteiger partial charge < -0.3 is 5.73 Å². The monoisotopic (exact) mass is 298 g/mol. The zero-order chi connectivity index (χ0) is 15.0. The molecule has 0 amide bonds. The number of hydrogen-bond donors (Lipinski definition) is 1. The first-order valence-corrected chi connectivity index (χ1v) is 6.99. The molecule has 4 nitrogen and oxygen atoms in total. The summed E-state index contributed by atoms with van der Waals surface area (Å²) in [6.45, 7) is 4.01. The first kappa shape index (κ1) is 13.6. The molecule has 0 unspecified atom stereocenters. The molecule has 3 aromatic rings. The molecule has 0 aliphatic carbocycles. The molecule has 0 aliphatic rings. The maximum atomic E-state index is 6.25. The average Bonchev–Trinajstić information content (AvgIpc) is 2.84. The molecule has 3 rings (SSSR count). The van der Waals surface area contributed by atoms with E-state index in [2.05, 4.69) is 10.3 Å². The van der Waals surface area contributed by atoms with Crippen molar-refractivity contribution in [2.45, 2.75) is 13.8 Å². The maximum absolute atomic E-state index is 6.25. The van der Waals surface area contributed by atoms with Gasteiger partial charge in [0, 0.05) is 10.6 Å². The van der Waals surface area contributed by atoms with Gasteiger partial charge in [-0.05, 0) is 43.2 Å². The third-order valence-electron chi connectivity index (χ3n) is 3.50. The summed E-state index contributed by atoms with van der Waals surface area (Å²) in [7, 11) is 0. The van der Waals surface area contributed by atoms with Crippen LogP contribution in [0.3, 0.4) is 0 Å². The lowest BCUT2D eigenvalue weighted by atomic mass is 10.1. The van der Waals surface area contributed by atoms with Crippen molar-refractivity contribution in [1.29, 1.82) is 0 Å². The number of para-hydroxylation sites is 1. The number of rotatable bonds is 2. The number of aryl methyl sites for hydroxylation is 2. The van der Waals surface area contributed by atoms with E-state index in [9.17, 15) is 0 Å². The second kappa shape index (κ2) is 5.22. The highest BCUT2D eigenvalue weighted by molar-refractivity contribution is 6.30. The number of hydrogen-bond acceptors (Lipinski definition) is 3. The summed E-state index contributed by atoms with van der Waals surface area (Å²) in [4.78, 5) is 0. The minimum absolute atomic E-state index is 0.509. The van der Waals surface area contributed by atoms with E-state index in [1.165, 1.54) is 0 Å². The summed E-state index contributed by atoms with van der Waals surface area (Å²) < 4.78 is 1.66. The van der Waals surface area contributed by atoms with E-state index in [1.807, 2.05) is 56.3 Å². The van der Waals surface area contributed by atoms with Crippen molar-refractivity contribution >= 4 is 17.4 Å². The normalized spacial score (nSPS) is 10.8. The Morgan fingerprint density at radius 2 is 1.81 bits per heavy atom. The molecule has 0 radical (unpaired) electrons. The minimum Gasteiger partial charge on any atom is -0.382 e. The van der Waals surface area contributed by atoms with Gasteiger partial charge in [-0.2, -0.15) is 4.68 Å². The summed E-state index contributed by atoms with van der Waals surface area (Å²) >= 11 is 6.07. The number of anilines is 1. The molecule has 1 heterocycles. The topological polar surface area (TPSA) is 56.7 Å². The molecule has 0 saturated heterocycles. The first-order valence-electron chi connectivity index (χ1n) is 6.61. The lowest BCUT2D eigenvalue weighted by Gasteiger charge is -2.07. The van der Waals surface area contributed by atoms with E-state index in [1.54, 1.807) is 4.68 Å². The van der Waals surface area contributed by atoms with E-state index in [-0.39, 0.29) is 0 Å². The molecule has 1 aromatic heterocycles. The molecule has 0 bridgehead atoms. The Morgan fingerprint density at radius 3 is 2.57 bits per heavy atom. The van der Waals surface area contributed by atoms with Crippen LogP contribution in [-0.4, -0.2) is 15.0 Å². The van der Waals surface area contributed by atoms with Crippen molar-refractivity contribution < 1.29 is 0 Å². The lowest BCUT2D eigenvalue weighted by molar-refractivity contribution is 0.806. The van der Waals surface area contributed by atoms with Gasteiger partial charge in [0.05, 0.1) is 5.69 Å². The minimum atomic E-state index is 0.509. The van der Waals surface area contributed by atoms with Gasteiger partial charge in [-0.1, -0.05) is 41.1 Å². The molecule has 0 spiro atoms. The van der Waals surface area contributed by atoms with E-state index in [0.29, 0.717) is 16.5 Å². The summed E-state index contributed by atoms with van der Waals surface area (Å²) in [6.07, 6.45) is 0. The Hall–Kier alpha value is -2.33. The van der Waals surface area contributed by atoms with Gasteiger partial charge >= 0.3 is 0 Å². The fraction of sp³-hybridized carbons (Fsp3) is 0.125. The van der Waals surface area contributed by atoms with Crippen LogP contribution >= 0.6 is 11.6 Å². The second-order valence-electron chi connectivity index (χ2n) is 4.98. The fourth-order valence-electron chi connectivity index (χ4n) is 2.31. The Bertz CT molecular complexity index is 808. The van der Waals surface area contributed by atoms with Crippen LogP contribution in [0.2, 0.25) is 5.02 Å². The van der Waals surface area contributed by atoms with Crippen LogP contribution in [0.1, 0.15) is 11.1 Å². The van der Waals surface area contributed by atoms with Gasteiger partial charge in [-0.15, -0.1) is 5.10 Å². The molecule has 0 fully saturated rings. The molecule has 0 saturated carbocycles.